The standard InChI is InChI=1S/C17H22ClNO2/c1-12-5-6-14(18)8-16(12)21-11-15-7-13(10-20-15)9-19-17(2,3)4/h5-8,10,19H,9,11H2,1-4H3. The van der Waals surface area contributed by atoms with E-state index in [1.54, 1.807) is 6.26 Å². The van der Waals surface area contributed by atoms with Crippen molar-refractivity contribution in [3.63, 3.8) is 0 Å². The molecule has 0 spiro atoms. The van der Waals surface area contributed by atoms with E-state index in [1.807, 2.05) is 31.2 Å². The van der Waals surface area contributed by atoms with Gasteiger partial charge in [-0.05, 0) is 51.5 Å². The second-order valence-electron chi connectivity index (χ2n) is 6.22. The number of hydrogen-bond donors (Lipinski definition) is 1. The van der Waals surface area contributed by atoms with Crippen molar-refractivity contribution in [2.45, 2.75) is 46.4 Å². The van der Waals surface area contributed by atoms with Crippen molar-refractivity contribution < 1.29 is 9.15 Å². The Morgan fingerprint density at radius 2 is 2.00 bits per heavy atom. The summed E-state index contributed by atoms with van der Waals surface area (Å²) in [4.78, 5) is 0. The summed E-state index contributed by atoms with van der Waals surface area (Å²) in [6.45, 7) is 9.59. The third-order valence-corrected chi connectivity index (χ3v) is 3.29. The van der Waals surface area contributed by atoms with Gasteiger partial charge < -0.3 is 14.5 Å². The summed E-state index contributed by atoms with van der Waals surface area (Å²) < 4.78 is 11.3. The average Bonchev–Trinajstić information content (AvgIpc) is 2.85. The predicted octanol–water partition coefficient (Wildman–Crippen LogP) is 4.71. The lowest BCUT2D eigenvalue weighted by atomic mass is 10.1. The highest BCUT2D eigenvalue weighted by molar-refractivity contribution is 6.30. The topological polar surface area (TPSA) is 34.4 Å². The fourth-order valence-corrected chi connectivity index (χ4v) is 2.00. The molecular weight excluding hydrogens is 286 g/mol. The van der Waals surface area contributed by atoms with Gasteiger partial charge in [0.05, 0.1) is 6.26 Å². The van der Waals surface area contributed by atoms with Gasteiger partial charge in [-0.25, -0.2) is 0 Å². The van der Waals surface area contributed by atoms with E-state index in [9.17, 15) is 0 Å². The van der Waals surface area contributed by atoms with E-state index in [1.165, 1.54) is 0 Å². The minimum Gasteiger partial charge on any atom is -0.485 e. The summed E-state index contributed by atoms with van der Waals surface area (Å²) in [6.07, 6.45) is 1.77. The Balaban J connectivity index is 1.92. The molecule has 2 aromatic rings. The number of benzene rings is 1. The van der Waals surface area contributed by atoms with Crippen molar-refractivity contribution in [2.24, 2.45) is 0 Å². The van der Waals surface area contributed by atoms with Crippen LogP contribution in [0, 0.1) is 6.92 Å². The van der Waals surface area contributed by atoms with E-state index in [2.05, 4.69) is 26.1 Å². The Bertz CT molecular complexity index is 599. The third kappa shape index (κ3) is 5.10. The van der Waals surface area contributed by atoms with Crippen LogP contribution in [0.25, 0.3) is 0 Å². The van der Waals surface area contributed by atoms with Gasteiger partial charge in [-0.3, -0.25) is 0 Å². The molecule has 1 N–H and O–H groups in total. The molecule has 0 aliphatic heterocycles. The quantitative estimate of drug-likeness (QED) is 0.868. The molecule has 0 atom stereocenters. The molecule has 114 valence electrons. The zero-order chi connectivity index (χ0) is 15.5. The van der Waals surface area contributed by atoms with Crippen LogP contribution in [0.2, 0.25) is 5.02 Å². The van der Waals surface area contributed by atoms with E-state index in [4.69, 9.17) is 20.8 Å². The monoisotopic (exact) mass is 307 g/mol. The number of ether oxygens (including phenoxy) is 1. The Hall–Kier alpha value is -1.45. The van der Waals surface area contributed by atoms with Gasteiger partial charge in [0.1, 0.15) is 18.1 Å². The highest BCUT2D eigenvalue weighted by atomic mass is 35.5. The molecule has 2 rings (SSSR count). The highest BCUT2D eigenvalue weighted by Crippen LogP contribution is 2.23. The van der Waals surface area contributed by atoms with Gasteiger partial charge in [0.25, 0.3) is 0 Å². The summed E-state index contributed by atoms with van der Waals surface area (Å²) in [7, 11) is 0. The minimum atomic E-state index is 0.0891. The second kappa shape index (κ2) is 6.54. The molecule has 1 heterocycles. The van der Waals surface area contributed by atoms with Gasteiger partial charge in [-0.2, -0.15) is 0 Å². The minimum absolute atomic E-state index is 0.0891. The van der Waals surface area contributed by atoms with Crippen LogP contribution in [0.4, 0.5) is 0 Å². The molecule has 1 aromatic carbocycles. The number of rotatable bonds is 5. The van der Waals surface area contributed by atoms with E-state index < -0.39 is 0 Å². The van der Waals surface area contributed by atoms with Crippen LogP contribution in [0.15, 0.2) is 34.9 Å². The Morgan fingerprint density at radius 3 is 2.71 bits per heavy atom. The Labute approximate surface area is 131 Å². The first-order valence-corrected chi connectivity index (χ1v) is 7.41. The maximum absolute atomic E-state index is 5.97. The summed E-state index contributed by atoms with van der Waals surface area (Å²) in [5, 5.41) is 4.09. The van der Waals surface area contributed by atoms with Gasteiger partial charge in [-0.1, -0.05) is 17.7 Å². The molecule has 0 bridgehead atoms. The molecule has 1 aromatic heterocycles. The lowest BCUT2D eigenvalue weighted by molar-refractivity contribution is 0.268. The molecule has 0 saturated carbocycles. The molecule has 0 aliphatic rings. The van der Waals surface area contributed by atoms with Crippen LogP contribution in [0.1, 0.15) is 37.7 Å². The third-order valence-electron chi connectivity index (χ3n) is 3.05. The van der Waals surface area contributed by atoms with Crippen LogP contribution in [-0.4, -0.2) is 5.54 Å². The smallest absolute Gasteiger partial charge is 0.146 e. The van der Waals surface area contributed by atoms with Crippen LogP contribution in [0.5, 0.6) is 5.75 Å². The lowest BCUT2D eigenvalue weighted by Crippen LogP contribution is -2.34. The van der Waals surface area contributed by atoms with Gasteiger partial charge in [0.2, 0.25) is 0 Å². The summed E-state index contributed by atoms with van der Waals surface area (Å²) >= 11 is 5.97. The molecule has 0 radical (unpaired) electrons. The molecular formula is C17H22ClNO2. The summed E-state index contributed by atoms with van der Waals surface area (Å²) in [6, 6.07) is 7.63. The first-order chi connectivity index (χ1) is 9.83. The largest absolute Gasteiger partial charge is 0.485 e. The van der Waals surface area contributed by atoms with E-state index in [-0.39, 0.29) is 5.54 Å². The fraction of sp³-hybridized carbons (Fsp3) is 0.412. The van der Waals surface area contributed by atoms with E-state index in [0.29, 0.717) is 11.6 Å². The molecule has 0 unspecified atom stereocenters. The van der Waals surface area contributed by atoms with Crippen LogP contribution in [0.3, 0.4) is 0 Å². The van der Waals surface area contributed by atoms with E-state index >= 15 is 0 Å². The SMILES string of the molecule is Cc1ccc(Cl)cc1OCc1cc(CNC(C)(C)C)co1. The number of nitrogens with one attached hydrogen (secondary N) is 1. The number of furan rings is 1. The number of halogens is 1. The lowest BCUT2D eigenvalue weighted by Gasteiger charge is -2.19. The molecule has 4 heteroatoms. The maximum Gasteiger partial charge on any atom is 0.146 e. The first kappa shape index (κ1) is 15.9. The van der Waals surface area contributed by atoms with Gasteiger partial charge in [-0.15, -0.1) is 0 Å². The highest BCUT2D eigenvalue weighted by Gasteiger charge is 2.10. The second-order valence-corrected chi connectivity index (χ2v) is 6.66. The summed E-state index contributed by atoms with van der Waals surface area (Å²) in [5.41, 5.74) is 2.26. The van der Waals surface area contributed by atoms with Crippen LogP contribution < -0.4 is 10.1 Å². The molecule has 0 amide bonds. The number of hydrogen-bond acceptors (Lipinski definition) is 3. The zero-order valence-electron chi connectivity index (χ0n) is 13.0. The zero-order valence-corrected chi connectivity index (χ0v) is 13.8. The van der Waals surface area contributed by atoms with Crippen molar-refractivity contribution in [1.29, 1.82) is 0 Å². The van der Waals surface area contributed by atoms with Crippen molar-refractivity contribution in [1.82, 2.24) is 5.32 Å². The van der Waals surface area contributed by atoms with Crippen LogP contribution >= 0.6 is 11.6 Å². The van der Waals surface area contributed by atoms with Gasteiger partial charge in [0, 0.05) is 22.7 Å². The normalized spacial score (nSPS) is 11.7. The molecule has 3 nitrogen and oxygen atoms in total. The predicted molar refractivity (Wildman–Crippen MR) is 85.8 cm³/mol. The van der Waals surface area contributed by atoms with Crippen molar-refractivity contribution >= 4 is 11.6 Å². The van der Waals surface area contributed by atoms with Crippen molar-refractivity contribution in [2.75, 3.05) is 0 Å². The van der Waals surface area contributed by atoms with Crippen LogP contribution in [-0.2, 0) is 13.2 Å². The average molecular weight is 308 g/mol. The maximum atomic E-state index is 5.97. The van der Waals surface area contributed by atoms with Crippen molar-refractivity contribution in [3.8, 4) is 5.75 Å². The van der Waals surface area contributed by atoms with Crippen molar-refractivity contribution in [3.05, 3.63) is 52.4 Å². The van der Waals surface area contributed by atoms with Gasteiger partial charge >= 0.3 is 0 Å². The Morgan fingerprint density at radius 1 is 1.24 bits per heavy atom. The molecule has 0 aliphatic carbocycles. The first-order valence-electron chi connectivity index (χ1n) is 7.04. The van der Waals surface area contributed by atoms with E-state index in [0.717, 1.165) is 29.2 Å². The Kier molecular flexibility index (Phi) is 4.96. The number of aryl methyl sites for hydroxylation is 1. The fourth-order valence-electron chi connectivity index (χ4n) is 1.84. The van der Waals surface area contributed by atoms with Gasteiger partial charge in [0.15, 0.2) is 0 Å². The molecule has 0 fully saturated rings. The molecule has 0 saturated heterocycles. The summed E-state index contributed by atoms with van der Waals surface area (Å²) in [5.74, 6) is 1.59. The molecule has 21 heavy (non-hydrogen) atoms.